The van der Waals surface area contributed by atoms with E-state index in [-0.39, 0.29) is 30.3 Å². The van der Waals surface area contributed by atoms with E-state index in [2.05, 4.69) is 17.4 Å². The highest BCUT2D eigenvalue weighted by Gasteiger charge is 2.52. The zero-order chi connectivity index (χ0) is 19.9. The molecule has 5 atom stereocenters. The molecule has 5 nitrogen and oxygen atoms in total. The minimum absolute atomic E-state index is 0.0211. The highest BCUT2D eigenvalue weighted by atomic mass is 16.6. The van der Waals surface area contributed by atoms with E-state index in [9.17, 15) is 9.59 Å². The van der Waals surface area contributed by atoms with Gasteiger partial charge in [-0.05, 0) is 56.2 Å². The van der Waals surface area contributed by atoms with Crippen molar-refractivity contribution in [3.63, 3.8) is 0 Å². The van der Waals surface area contributed by atoms with Crippen LogP contribution in [-0.4, -0.2) is 30.6 Å². The molecule has 0 aromatic heterocycles. The molecule has 2 aliphatic carbocycles. The predicted octanol–water partition coefficient (Wildman–Crippen LogP) is 3.82. The van der Waals surface area contributed by atoms with E-state index in [4.69, 9.17) is 9.47 Å². The summed E-state index contributed by atoms with van der Waals surface area (Å²) in [5.74, 6) is 1.82. The van der Waals surface area contributed by atoms with Crippen LogP contribution in [0.2, 0.25) is 0 Å². The van der Waals surface area contributed by atoms with Gasteiger partial charge in [0.2, 0.25) is 5.91 Å². The van der Waals surface area contributed by atoms with Crippen LogP contribution in [0.4, 0.5) is 0 Å². The summed E-state index contributed by atoms with van der Waals surface area (Å²) in [6.07, 6.45) is 5.77. The molecular formula is C23H31NO4. The number of cyclic esters (lactones) is 1. The van der Waals surface area contributed by atoms with Crippen LogP contribution in [0.25, 0.3) is 0 Å². The molecule has 4 rings (SSSR count). The topological polar surface area (TPSA) is 64.6 Å². The van der Waals surface area contributed by atoms with Gasteiger partial charge in [-0.25, -0.2) is 0 Å². The second-order valence-corrected chi connectivity index (χ2v) is 9.29. The van der Waals surface area contributed by atoms with Crippen LogP contribution in [0.15, 0.2) is 24.3 Å². The van der Waals surface area contributed by atoms with Gasteiger partial charge in [-0.2, -0.15) is 0 Å². The lowest BCUT2D eigenvalue weighted by Crippen LogP contribution is -2.59. The molecule has 5 heteroatoms. The van der Waals surface area contributed by atoms with Crippen LogP contribution in [0, 0.1) is 17.8 Å². The normalized spacial score (nSPS) is 33.4. The Morgan fingerprint density at radius 3 is 2.46 bits per heavy atom. The highest BCUT2D eigenvalue weighted by Crippen LogP contribution is 2.54. The molecule has 0 bridgehead atoms. The number of methoxy groups -OCH3 is 1. The fourth-order valence-corrected chi connectivity index (χ4v) is 5.64. The summed E-state index contributed by atoms with van der Waals surface area (Å²) < 4.78 is 10.7. The van der Waals surface area contributed by atoms with E-state index in [0.717, 1.165) is 5.75 Å². The third-order valence-electron chi connectivity index (χ3n) is 6.89. The van der Waals surface area contributed by atoms with Crippen molar-refractivity contribution < 1.29 is 19.1 Å². The molecule has 3 aliphatic rings. The second-order valence-electron chi connectivity index (χ2n) is 9.29. The largest absolute Gasteiger partial charge is 0.497 e. The molecule has 3 fully saturated rings. The van der Waals surface area contributed by atoms with Gasteiger partial charge in [-0.15, -0.1) is 0 Å². The van der Waals surface area contributed by atoms with Crippen LogP contribution in [0.5, 0.6) is 5.75 Å². The van der Waals surface area contributed by atoms with Gasteiger partial charge in [0.15, 0.2) is 0 Å². The predicted molar refractivity (Wildman–Crippen MR) is 106 cm³/mol. The van der Waals surface area contributed by atoms with Crippen molar-refractivity contribution >= 4 is 11.9 Å². The van der Waals surface area contributed by atoms with E-state index in [0.29, 0.717) is 24.2 Å². The Kier molecular flexibility index (Phi) is 5.11. The zero-order valence-corrected chi connectivity index (χ0v) is 17.1. The Morgan fingerprint density at radius 2 is 1.86 bits per heavy atom. The van der Waals surface area contributed by atoms with Crippen LogP contribution in [-0.2, 0) is 14.3 Å². The van der Waals surface area contributed by atoms with Crippen molar-refractivity contribution in [3.05, 3.63) is 29.8 Å². The van der Waals surface area contributed by atoms with Gasteiger partial charge in [0, 0.05) is 24.8 Å². The van der Waals surface area contributed by atoms with Crippen molar-refractivity contribution in [2.45, 2.75) is 69.9 Å². The average molecular weight is 386 g/mol. The maximum atomic E-state index is 12.8. The first-order valence-electron chi connectivity index (χ1n) is 10.5. The smallest absolute Gasteiger partial charge is 0.310 e. The fraction of sp³-hybridized carbons (Fsp3) is 0.652. The van der Waals surface area contributed by atoms with Crippen molar-refractivity contribution in [2.24, 2.45) is 17.8 Å². The van der Waals surface area contributed by atoms with Gasteiger partial charge in [0.1, 0.15) is 11.4 Å². The molecule has 1 saturated heterocycles. The molecule has 28 heavy (non-hydrogen) atoms. The molecule has 0 radical (unpaired) electrons. The second kappa shape index (κ2) is 7.41. The molecule has 0 unspecified atom stereocenters. The number of hydrogen-bond acceptors (Lipinski definition) is 4. The van der Waals surface area contributed by atoms with E-state index in [1.54, 1.807) is 7.11 Å². The average Bonchev–Trinajstić information content (AvgIpc) is 2.92. The molecule has 1 aromatic carbocycles. The molecule has 2 saturated carbocycles. The van der Waals surface area contributed by atoms with Crippen molar-refractivity contribution in [2.75, 3.05) is 7.11 Å². The first-order valence-corrected chi connectivity index (χ1v) is 10.5. The number of rotatable bonds is 5. The number of amides is 1. The summed E-state index contributed by atoms with van der Waals surface area (Å²) in [6, 6.07) is 8.42. The van der Waals surface area contributed by atoms with Crippen LogP contribution in [0.1, 0.15) is 63.9 Å². The summed E-state index contributed by atoms with van der Waals surface area (Å²) in [7, 11) is 1.67. The molecule has 0 spiro atoms. The van der Waals surface area contributed by atoms with Gasteiger partial charge < -0.3 is 14.8 Å². The monoisotopic (exact) mass is 385 g/mol. The number of esters is 1. The molecule has 152 valence electrons. The summed E-state index contributed by atoms with van der Waals surface area (Å²) in [6.45, 7) is 3.81. The molecule has 1 aromatic rings. The summed E-state index contributed by atoms with van der Waals surface area (Å²) in [5, 5.41) is 3.29. The lowest BCUT2D eigenvalue weighted by atomic mass is 9.53. The van der Waals surface area contributed by atoms with E-state index in [1.165, 1.54) is 31.2 Å². The Bertz CT molecular complexity index is 741. The highest BCUT2D eigenvalue weighted by molar-refractivity contribution is 5.84. The van der Waals surface area contributed by atoms with Gasteiger partial charge in [0.05, 0.1) is 13.0 Å². The quantitative estimate of drug-likeness (QED) is 0.783. The lowest BCUT2D eigenvalue weighted by molar-refractivity contribution is -0.149. The Balaban J connectivity index is 1.45. The third kappa shape index (κ3) is 3.63. The van der Waals surface area contributed by atoms with E-state index in [1.807, 2.05) is 26.0 Å². The first kappa shape index (κ1) is 19.3. The minimum Gasteiger partial charge on any atom is -0.497 e. The first-order chi connectivity index (χ1) is 13.4. The van der Waals surface area contributed by atoms with Crippen molar-refractivity contribution in [3.8, 4) is 5.75 Å². The Hall–Kier alpha value is -2.04. The molecular weight excluding hydrogens is 354 g/mol. The van der Waals surface area contributed by atoms with Crippen LogP contribution in [0.3, 0.4) is 0 Å². The number of benzene rings is 1. The SMILES string of the molecule is COc1ccc([C@H]2[C@@H]3CCCC[C@@H]3[C@@H]2NC(=O)C[C@@H]2CC(C)(C)OC2=O)cc1. The van der Waals surface area contributed by atoms with Crippen LogP contribution >= 0.6 is 0 Å². The maximum Gasteiger partial charge on any atom is 0.310 e. The van der Waals surface area contributed by atoms with Gasteiger partial charge in [-0.3, -0.25) is 9.59 Å². The maximum absolute atomic E-state index is 12.8. The summed E-state index contributed by atoms with van der Waals surface area (Å²) in [4.78, 5) is 24.8. The number of ether oxygens (including phenoxy) is 2. The summed E-state index contributed by atoms with van der Waals surface area (Å²) in [5.41, 5.74) is 0.814. The van der Waals surface area contributed by atoms with Crippen molar-refractivity contribution in [1.82, 2.24) is 5.32 Å². The molecule has 1 aliphatic heterocycles. The molecule has 1 N–H and O–H groups in total. The number of fused-ring (bicyclic) bond motifs is 1. The van der Waals surface area contributed by atoms with Gasteiger partial charge in [0.25, 0.3) is 0 Å². The number of carbonyl (C=O) groups is 2. The van der Waals surface area contributed by atoms with Crippen LogP contribution < -0.4 is 10.1 Å². The minimum atomic E-state index is -0.460. The Labute approximate surface area is 167 Å². The third-order valence-corrected chi connectivity index (χ3v) is 6.89. The van der Waals surface area contributed by atoms with E-state index >= 15 is 0 Å². The Morgan fingerprint density at radius 1 is 1.18 bits per heavy atom. The number of hydrogen-bond donors (Lipinski definition) is 1. The van der Waals surface area contributed by atoms with Gasteiger partial charge in [-0.1, -0.05) is 25.0 Å². The summed E-state index contributed by atoms with van der Waals surface area (Å²) >= 11 is 0. The van der Waals surface area contributed by atoms with E-state index < -0.39 is 5.60 Å². The zero-order valence-electron chi connectivity index (χ0n) is 17.1. The molecule has 1 heterocycles. The lowest BCUT2D eigenvalue weighted by Gasteiger charge is -2.55. The van der Waals surface area contributed by atoms with Gasteiger partial charge >= 0.3 is 5.97 Å². The number of nitrogens with one attached hydrogen (secondary N) is 1. The standard InChI is InChI=1S/C23H31NO4/c1-23(2)13-15(22(26)28-23)12-19(25)24-21-18-7-5-4-6-17(18)20(21)14-8-10-16(27-3)11-9-14/h8-11,15,17-18,20-21H,4-7,12-13H2,1-3H3,(H,24,25)/t15-,17-,18+,20+,21+/m1/s1. The fourth-order valence-electron chi connectivity index (χ4n) is 5.64. The molecule has 1 amide bonds. The number of carbonyl (C=O) groups excluding carboxylic acids is 2. The van der Waals surface area contributed by atoms with Crippen molar-refractivity contribution in [1.29, 1.82) is 0 Å².